The Labute approximate surface area is 76.8 Å². The summed E-state index contributed by atoms with van der Waals surface area (Å²) in [6.07, 6.45) is 0. The molecule has 0 aliphatic heterocycles. The summed E-state index contributed by atoms with van der Waals surface area (Å²) in [6, 6.07) is 1.66. The molecule has 0 aliphatic rings. The molecule has 1 aromatic carbocycles. The molecule has 0 saturated heterocycles. The summed E-state index contributed by atoms with van der Waals surface area (Å²) >= 11 is 8.40. The summed E-state index contributed by atoms with van der Waals surface area (Å²) in [4.78, 5) is 1.51. The molecule has 0 aromatic heterocycles. The van der Waals surface area contributed by atoms with Crippen molar-refractivity contribution in [1.82, 2.24) is 0 Å². The number of nitrogen functional groups attached to an aromatic ring is 2. The summed E-state index contributed by atoms with van der Waals surface area (Å²) < 4.78 is 0. The van der Waals surface area contributed by atoms with Crippen molar-refractivity contribution in [1.29, 1.82) is 0 Å². The molecule has 0 unspecified atom stereocenters. The van der Waals surface area contributed by atoms with Crippen molar-refractivity contribution < 1.29 is 0 Å². The molecule has 60 valence electrons. The highest BCUT2D eigenvalue weighted by atomic mass is 32.1. The maximum Gasteiger partial charge on any atom is 0.0473 e. The minimum atomic E-state index is 0.598. The molecular weight excluding hydrogens is 176 g/mol. The fourth-order valence-electron chi connectivity index (χ4n) is 0.849. The maximum atomic E-state index is 5.60. The van der Waals surface area contributed by atoms with E-state index in [0.29, 0.717) is 11.4 Å². The smallest absolute Gasteiger partial charge is 0.0473 e. The third-order valence-electron chi connectivity index (χ3n) is 1.57. The van der Waals surface area contributed by atoms with Gasteiger partial charge in [0.1, 0.15) is 0 Å². The maximum absolute atomic E-state index is 5.60. The normalized spacial score (nSPS) is 10.1. The van der Waals surface area contributed by atoms with Crippen LogP contribution >= 0.6 is 25.3 Å². The minimum Gasteiger partial charge on any atom is -0.398 e. The molecule has 0 saturated carbocycles. The predicted octanol–water partition coefficient (Wildman–Crippen LogP) is 1.74. The van der Waals surface area contributed by atoms with Gasteiger partial charge in [-0.3, -0.25) is 0 Å². The standard InChI is InChI=1S/C7H10N2S2/c1-3-6(10)4(8)2-5(9)7(3)11/h2,10-11H,8-9H2,1H3. The Kier molecular flexibility index (Phi) is 2.25. The largest absolute Gasteiger partial charge is 0.398 e. The van der Waals surface area contributed by atoms with E-state index in [0.717, 1.165) is 15.4 Å². The van der Waals surface area contributed by atoms with Gasteiger partial charge in [-0.05, 0) is 18.6 Å². The van der Waals surface area contributed by atoms with Gasteiger partial charge in [-0.2, -0.15) is 0 Å². The fourth-order valence-corrected chi connectivity index (χ4v) is 1.29. The summed E-state index contributed by atoms with van der Waals surface area (Å²) in [6.45, 7) is 1.89. The molecule has 1 rings (SSSR count). The Hall–Kier alpha value is -0.480. The number of hydrogen-bond donors (Lipinski definition) is 4. The Bertz CT molecular complexity index is 271. The van der Waals surface area contributed by atoms with Crippen molar-refractivity contribution in [3.05, 3.63) is 11.6 Å². The average Bonchev–Trinajstić information content (AvgIpc) is 1.97. The van der Waals surface area contributed by atoms with Crippen LogP contribution < -0.4 is 11.5 Å². The van der Waals surface area contributed by atoms with E-state index in [1.165, 1.54) is 0 Å². The molecule has 0 bridgehead atoms. The van der Waals surface area contributed by atoms with E-state index < -0.39 is 0 Å². The predicted molar refractivity (Wildman–Crippen MR) is 54.5 cm³/mol. The Morgan fingerprint density at radius 1 is 1.09 bits per heavy atom. The highest BCUT2D eigenvalue weighted by Crippen LogP contribution is 2.31. The van der Waals surface area contributed by atoms with Gasteiger partial charge in [0.25, 0.3) is 0 Å². The Morgan fingerprint density at radius 2 is 1.45 bits per heavy atom. The summed E-state index contributed by atoms with van der Waals surface area (Å²) in [7, 11) is 0. The van der Waals surface area contributed by atoms with E-state index >= 15 is 0 Å². The molecule has 4 N–H and O–H groups in total. The molecule has 0 radical (unpaired) electrons. The zero-order valence-electron chi connectivity index (χ0n) is 6.13. The van der Waals surface area contributed by atoms with Crippen LogP contribution in [0.5, 0.6) is 0 Å². The second-order valence-corrected chi connectivity index (χ2v) is 3.27. The Balaban J connectivity index is 3.46. The average molecular weight is 186 g/mol. The van der Waals surface area contributed by atoms with E-state index in [9.17, 15) is 0 Å². The third-order valence-corrected chi connectivity index (χ3v) is 2.76. The summed E-state index contributed by atoms with van der Waals surface area (Å²) in [5.41, 5.74) is 13.3. The lowest BCUT2D eigenvalue weighted by Gasteiger charge is -2.08. The number of hydrogen-bond acceptors (Lipinski definition) is 4. The van der Waals surface area contributed by atoms with Gasteiger partial charge in [0.2, 0.25) is 0 Å². The van der Waals surface area contributed by atoms with Crippen LogP contribution in [0.2, 0.25) is 0 Å². The first-order valence-electron chi connectivity index (χ1n) is 3.10. The van der Waals surface area contributed by atoms with Crippen LogP contribution in [0.15, 0.2) is 15.9 Å². The Morgan fingerprint density at radius 3 is 1.82 bits per heavy atom. The van der Waals surface area contributed by atoms with Crippen molar-refractivity contribution in [3.63, 3.8) is 0 Å². The lowest BCUT2D eigenvalue weighted by atomic mass is 10.2. The van der Waals surface area contributed by atoms with E-state index in [2.05, 4.69) is 25.3 Å². The zero-order valence-corrected chi connectivity index (χ0v) is 7.92. The quantitative estimate of drug-likeness (QED) is 0.368. The molecule has 0 fully saturated rings. The van der Waals surface area contributed by atoms with Gasteiger partial charge >= 0.3 is 0 Å². The van der Waals surface area contributed by atoms with Gasteiger partial charge in [0, 0.05) is 21.2 Å². The van der Waals surface area contributed by atoms with Crippen LogP contribution in [0.3, 0.4) is 0 Å². The summed E-state index contributed by atoms with van der Waals surface area (Å²) in [5, 5.41) is 0. The van der Waals surface area contributed by atoms with Crippen LogP contribution in [0.4, 0.5) is 11.4 Å². The lowest BCUT2D eigenvalue weighted by molar-refractivity contribution is 1.21. The van der Waals surface area contributed by atoms with Gasteiger partial charge in [-0.1, -0.05) is 0 Å². The topological polar surface area (TPSA) is 52.0 Å². The molecule has 0 heterocycles. The van der Waals surface area contributed by atoms with Crippen LogP contribution in [0.1, 0.15) is 5.56 Å². The van der Waals surface area contributed by atoms with E-state index in [1.807, 2.05) is 6.92 Å². The first-order valence-corrected chi connectivity index (χ1v) is 4.00. The molecule has 4 heteroatoms. The van der Waals surface area contributed by atoms with Crippen LogP contribution in [-0.4, -0.2) is 0 Å². The highest BCUT2D eigenvalue weighted by molar-refractivity contribution is 7.81. The molecule has 11 heavy (non-hydrogen) atoms. The van der Waals surface area contributed by atoms with Crippen molar-refractivity contribution in [3.8, 4) is 0 Å². The van der Waals surface area contributed by atoms with Gasteiger partial charge in [-0.15, -0.1) is 25.3 Å². The van der Waals surface area contributed by atoms with Gasteiger partial charge in [0.15, 0.2) is 0 Å². The van der Waals surface area contributed by atoms with Crippen LogP contribution in [0, 0.1) is 6.92 Å². The lowest BCUT2D eigenvalue weighted by Crippen LogP contribution is -1.96. The van der Waals surface area contributed by atoms with Crippen LogP contribution in [0.25, 0.3) is 0 Å². The highest BCUT2D eigenvalue weighted by Gasteiger charge is 2.05. The number of benzene rings is 1. The molecular formula is C7H10N2S2. The van der Waals surface area contributed by atoms with E-state index in [4.69, 9.17) is 11.5 Å². The number of anilines is 2. The monoisotopic (exact) mass is 186 g/mol. The van der Waals surface area contributed by atoms with Crippen molar-refractivity contribution >= 4 is 36.6 Å². The zero-order chi connectivity index (χ0) is 8.59. The van der Waals surface area contributed by atoms with Crippen molar-refractivity contribution in [2.45, 2.75) is 16.7 Å². The first kappa shape index (κ1) is 8.62. The summed E-state index contributed by atoms with van der Waals surface area (Å²) in [5.74, 6) is 0. The minimum absolute atomic E-state index is 0.598. The molecule has 0 spiro atoms. The third kappa shape index (κ3) is 1.41. The molecule has 0 aliphatic carbocycles. The van der Waals surface area contributed by atoms with Crippen molar-refractivity contribution in [2.75, 3.05) is 11.5 Å². The second kappa shape index (κ2) is 2.87. The van der Waals surface area contributed by atoms with E-state index in [1.54, 1.807) is 6.07 Å². The van der Waals surface area contributed by atoms with Crippen molar-refractivity contribution in [2.24, 2.45) is 0 Å². The molecule has 1 aromatic rings. The molecule has 0 amide bonds. The second-order valence-electron chi connectivity index (χ2n) is 2.38. The number of rotatable bonds is 0. The van der Waals surface area contributed by atoms with Gasteiger partial charge in [0.05, 0.1) is 0 Å². The number of thiol groups is 2. The first-order chi connectivity index (χ1) is 5.04. The van der Waals surface area contributed by atoms with Crippen LogP contribution in [-0.2, 0) is 0 Å². The van der Waals surface area contributed by atoms with Gasteiger partial charge in [-0.25, -0.2) is 0 Å². The fraction of sp³-hybridized carbons (Fsp3) is 0.143. The van der Waals surface area contributed by atoms with E-state index in [-0.39, 0.29) is 0 Å². The SMILES string of the molecule is Cc1c(S)c(N)cc(N)c1S. The molecule has 2 nitrogen and oxygen atoms in total. The van der Waals surface area contributed by atoms with Gasteiger partial charge < -0.3 is 11.5 Å². The molecule has 0 atom stereocenters. The number of nitrogens with two attached hydrogens (primary N) is 2.